The molecule has 8 nitrogen and oxygen atoms in total. The van der Waals surface area contributed by atoms with Crippen LogP contribution in [0.15, 0.2) is 12.3 Å². The predicted octanol–water partition coefficient (Wildman–Crippen LogP) is 0.966. The van der Waals surface area contributed by atoms with E-state index < -0.39 is 0 Å². The number of piperidine rings is 1. The van der Waals surface area contributed by atoms with Gasteiger partial charge >= 0.3 is 0 Å². The molecule has 2 aliphatic heterocycles. The van der Waals surface area contributed by atoms with Crippen molar-refractivity contribution in [3.05, 3.63) is 23.5 Å². The fourth-order valence-corrected chi connectivity index (χ4v) is 4.20. The fraction of sp³-hybridized carbons (Fsp3) is 0.667. The Morgan fingerprint density at radius 3 is 2.69 bits per heavy atom. The molecule has 2 N–H and O–H groups in total. The van der Waals surface area contributed by atoms with Gasteiger partial charge in [-0.05, 0) is 56.7 Å². The van der Waals surface area contributed by atoms with Gasteiger partial charge in [-0.2, -0.15) is 5.26 Å². The van der Waals surface area contributed by atoms with Crippen molar-refractivity contribution in [3.8, 4) is 6.07 Å². The topological polar surface area (TPSA) is 101 Å². The van der Waals surface area contributed by atoms with E-state index in [1.165, 1.54) is 31.6 Å². The predicted molar refractivity (Wildman–Crippen MR) is 106 cm³/mol. The molecule has 29 heavy (non-hydrogen) atoms. The highest BCUT2D eigenvalue weighted by Crippen LogP contribution is 2.31. The SMILES string of the molecule is N#Cc1c[nH]c(C(=O)NC[C@@H]2CN(CC3CCN(CC4CC4)CC3)C(=O)CO2)c1. The van der Waals surface area contributed by atoms with Crippen LogP contribution in [-0.4, -0.2) is 78.6 Å². The zero-order chi connectivity index (χ0) is 20.2. The van der Waals surface area contributed by atoms with E-state index in [1.54, 1.807) is 0 Å². The maximum Gasteiger partial charge on any atom is 0.267 e. The number of rotatable bonds is 7. The standard InChI is InChI=1S/C21H29N5O3/c22-8-17-7-19(23-9-17)21(28)24-10-18-13-26(20(27)14-29-18)12-16-3-5-25(6-4-16)11-15-1-2-15/h7,9,15-16,18,23H,1-6,10-14H2,(H,24,28)/t18-/m1/s1. The third kappa shape index (κ3) is 5.37. The summed E-state index contributed by atoms with van der Waals surface area (Å²) in [6.45, 7) is 5.23. The number of aromatic amines is 1. The molecule has 0 aromatic carbocycles. The van der Waals surface area contributed by atoms with E-state index >= 15 is 0 Å². The van der Waals surface area contributed by atoms with E-state index in [9.17, 15) is 9.59 Å². The van der Waals surface area contributed by atoms with Crippen molar-refractivity contribution in [1.29, 1.82) is 5.26 Å². The first-order chi connectivity index (χ1) is 14.1. The van der Waals surface area contributed by atoms with Crippen molar-refractivity contribution >= 4 is 11.8 Å². The highest BCUT2D eigenvalue weighted by molar-refractivity contribution is 5.92. The molecule has 0 bridgehead atoms. The number of likely N-dealkylation sites (tertiary alicyclic amines) is 1. The Balaban J connectivity index is 1.21. The Morgan fingerprint density at radius 1 is 1.24 bits per heavy atom. The maximum absolute atomic E-state index is 12.3. The molecule has 1 saturated carbocycles. The molecule has 1 aromatic heterocycles. The quantitative estimate of drug-likeness (QED) is 0.711. The van der Waals surface area contributed by atoms with Gasteiger partial charge in [-0.1, -0.05) is 0 Å². The minimum atomic E-state index is -0.276. The van der Waals surface area contributed by atoms with Crippen LogP contribution in [-0.2, 0) is 9.53 Å². The van der Waals surface area contributed by atoms with Gasteiger partial charge in [-0.15, -0.1) is 0 Å². The van der Waals surface area contributed by atoms with Crippen molar-refractivity contribution in [1.82, 2.24) is 20.1 Å². The molecule has 0 unspecified atom stereocenters. The number of hydrogen-bond donors (Lipinski definition) is 2. The third-order valence-electron chi connectivity index (χ3n) is 6.17. The van der Waals surface area contributed by atoms with Gasteiger partial charge in [0.1, 0.15) is 18.4 Å². The summed E-state index contributed by atoms with van der Waals surface area (Å²) in [6.07, 6.45) is 6.37. The molecule has 0 spiro atoms. The van der Waals surface area contributed by atoms with Gasteiger partial charge in [0.05, 0.1) is 11.7 Å². The molecule has 4 rings (SSSR count). The van der Waals surface area contributed by atoms with E-state index in [0.717, 1.165) is 38.4 Å². The number of ether oxygens (including phenoxy) is 1. The number of H-pyrrole nitrogens is 1. The van der Waals surface area contributed by atoms with E-state index in [2.05, 4.69) is 15.2 Å². The lowest BCUT2D eigenvalue weighted by Crippen LogP contribution is -2.52. The van der Waals surface area contributed by atoms with Crippen molar-refractivity contribution in [2.24, 2.45) is 11.8 Å². The summed E-state index contributed by atoms with van der Waals surface area (Å²) in [6, 6.07) is 3.51. The molecule has 3 heterocycles. The van der Waals surface area contributed by atoms with Crippen LogP contribution >= 0.6 is 0 Å². The molecule has 2 saturated heterocycles. The molecule has 1 aliphatic carbocycles. The summed E-state index contributed by atoms with van der Waals surface area (Å²) in [5.41, 5.74) is 0.771. The minimum Gasteiger partial charge on any atom is -0.365 e. The normalized spacial score (nSPS) is 23.8. The minimum absolute atomic E-state index is 0.0380. The average molecular weight is 399 g/mol. The molecular weight excluding hydrogens is 370 g/mol. The third-order valence-corrected chi connectivity index (χ3v) is 6.17. The number of aromatic nitrogens is 1. The largest absolute Gasteiger partial charge is 0.365 e. The molecule has 156 valence electrons. The Morgan fingerprint density at radius 2 is 2.00 bits per heavy atom. The maximum atomic E-state index is 12.3. The van der Waals surface area contributed by atoms with Gasteiger partial charge in [0, 0.05) is 32.4 Å². The van der Waals surface area contributed by atoms with Gasteiger partial charge in [-0.25, -0.2) is 0 Å². The van der Waals surface area contributed by atoms with Crippen molar-refractivity contribution < 1.29 is 14.3 Å². The number of hydrogen-bond acceptors (Lipinski definition) is 5. The second-order valence-corrected chi connectivity index (χ2v) is 8.54. The van der Waals surface area contributed by atoms with Gasteiger partial charge in [0.15, 0.2) is 0 Å². The Hall–Kier alpha value is -2.37. The van der Waals surface area contributed by atoms with Crippen molar-refractivity contribution in [2.45, 2.75) is 31.8 Å². The molecule has 3 fully saturated rings. The van der Waals surface area contributed by atoms with Crippen LogP contribution < -0.4 is 5.32 Å². The van der Waals surface area contributed by atoms with Crippen LogP contribution in [0.1, 0.15) is 41.7 Å². The first-order valence-electron chi connectivity index (χ1n) is 10.6. The number of carbonyl (C=O) groups is 2. The Bertz CT molecular complexity index is 774. The van der Waals surface area contributed by atoms with Gasteiger partial charge in [0.25, 0.3) is 5.91 Å². The lowest BCUT2D eigenvalue weighted by molar-refractivity contribution is -0.149. The lowest BCUT2D eigenvalue weighted by atomic mass is 9.95. The van der Waals surface area contributed by atoms with Crippen LogP contribution in [0, 0.1) is 23.2 Å². The molecule has 2 amide bonds. The fourth-order valence-electron chi connectivity index (χ4n) is 4.20. The molecule has 1 atom stereocenters. The average Bonchev–Trinajstić information content (AvgIpc) is 3.41. The zero-order valence-electron chi connectivity index (χ0n) is 16.7. The highest BCUT2D eigenvalue weighted by Gasteiger charge is 2.31. The molecule has 8 heteroatoms. The lowest BCUT2D eigenvalue weighted by Gasteiger charge is -2.38. The van der Waals surface area contributed by atoms with Gasteiger partial charge < -0.3 is 24.8 Å². The van der Waals surface area contributed by atoms with Crippen LogP contribution in [0.25, 0.3) is 0 Å². The van der Waals surface area contributed by atoms with Crippen LogP contribution in [0.5, 0.6) is 0 Å². The monoisotopic (exact) mass is 399 g/mol. The number of amides is 2. The number of carbonyl (C=O) groups excluding carboxylic acids is 2. The first-order valence-corrected chi connectivity index (χ1v) is 10.6. The number of nitriles is 1. The van der Waals surface area contributed by atoms with Gasteiger partial charge in [0.2, 0.25) is 5.91 Å². The highest BCUT2D eigenvalue weighted by atomic mass is 16.5. The molecule has 3 aliphatic rings. The van der Waals surface area contributed by atoms with Crippen LogP contribution in [0.3, 0.4) is 0 Å². The van der Waals surface area contributed by atoms with Crippen LogP contribution in [0.2, 0.25) is 0 Å². The van der Waals surface area contributed by atoms with Crippen molar-refractivity contribution in [3.63, 3.8) is 0 Å². The smallest absolute Gasteiger partial charge is 0.267 e. The first kappa shape index (κ1) is 19.9. The summed E-state index contributed by atoms with van der Waals surface area (Å²) in [4.78, 5) is 31.8. The number of morpholine rings is 1. The van der Waals surface area contributed by atoms with E-state index in [4.69, 9.17) is 10.00 Å². The molecular formula is C21H29N5O3. The summed E-state index contributed by atoms with van der Waals surface area (Å²) in [7, 11) is 0. The second-order valence-electron chi connectivity index (χ2n) is 8.54. The van der Waals surface area contributed by atoms with E-state index in [0.29, 0.717) is 30.3 Å². The number of nitrogens with zero attached hydrogens (tertiary/aromatic N) is 3. The molecule has 1 aromatic rings. The van der Waals surface area contributed by atoms with E-state index in [-0.39, 0.29) is 24.5 Å². The zero-order valence-corrected chi connectivity index (χ0v) is 16.7. The van der Waals surface area contributed by atoms with E-state index in [1.807, 2.05) is 11.0 Å². The summed E-state index contributed by atoms with van der Waals surface area (Å²) in [5.74, 6) is 1.24. The van der Waals surface area contributed by atoms with Crippen molar-refractivity contribution in [2.75, 3.05) is 45.9 Å². The Kier molecular flexibility index (Phi) is 6.16. The summed E-state index contributed by atoms with van der Waals surface area (Å²) in [5, 5.41) is 11.7. The Labute approximate surface area is 171 Å². The summed E-state index contributed by atoms with van der Waals surface area (Å²) >= 11 is 0. The second kappa shape index (κ2) is 8.97. The number of nitrogens with one attached hydrogen (secondary N) is 2. The van der Waals surface area contributed by atoms with Gasteiger partial charge in [-0.3, -0.25) is 9.59 Å². The van der Waals surface area contributed by atoms with Crippen LogP contribution in [0.4, 0.5) is 0 Å². The summed E-state index contributed by atoms with van der Waals surface area (Å²) < 4.78 is 5.61. The molecule has 0 radical (unpaired) electrons.